The Morgan fingerprint density at radius 3 is 2.57 bits per heavy atom. The van der Waals surface area contributed by atoms with Gasteiger partial charge >= 0.3 is 0 Å². The Labute approximate surface area is 207 Å². The molecule has 1 atom stereocenters. The summed E-state index contributed by atoms with van der Waals surface area (Å²) in [5, 5.41) is 17.9. The van der Waals surface area contributed by atoms with Crippen LogP contribution in [0.3, 0.4) is 0 Å². The second-order valence-corrected chi connectivity index (χ2v) is 8.74. The fourth-order valence-electron chi connectivity index (χ4n) is 3.43. The molecule has 0 radical (unpaired) electrons. The van der Waals surface area contributed by atoms with Crippen LogP contribution in [0.1, 0.15) is 41.9 Å². The van der Waals surface area contributed by atoms with Gasteiger partial charge in [-0.25, -0.2) is 5.43 Å². The zero-order chi connectivity index (χ0) is 25.5. The number of hydrogen-bond donors (Lipinski definition) is 2. The van der Waals surface area contributed by atoms with Crippen molar-refractivity contribution in [3.05, 3.63) is 86.6 Å². The molecule has 0 fully saturated rings. The van der Waals surface area contributed by atoms with Gasteiger partial charge in [-0.3, -0.25) is 19.7 Å². The second kappa shape index (κ2) is 11.4. The maximum atomic E-state index is 12.7. The van der Waals surface area contributed by atoms with Crippen LogP contribution in [0.2, 0.25) is 5.02 Å². The standard InChI is InChI=1S/C25H25ClN4O5/c1-15(2)12-22(28-24(31)20-6-4-5-7-21(20)26)25(32)29-27-14-18-9-11-23(35-18)19-10-8-17(30(33)34)13-16(19)3/h4-11,13-15,22H,12H2,1-3H3,(H,28,31)(H,29,32)/b27-14-/t22-/m1/s1. The quantitative estimate of drug-likeness (QED) is 0.242. The molecule has 0 spiro atoms. The van der Waals surface area contributed by atoms with Crippen molar-refractivity contribution in [3.8, 4) is 11.3 Å². The first kappa shape index (κ1) is 25.6. The number of carbonyl (C=O) groups excluding carboxylic acids is 2. The van der Waals surface area contributed by atoms with Crippen molar-refractivity contribution in [2.45, 2.75) is 33.2 Å². The number of halogens is 1. The van der Waals surface area contributed by atoms with E-state index in [1.165, 1.54) is 18.3 Å². The number of rotatable bonds is 9. The van der Waals surface area contributed by atoms with Gasteiger partial charge in [-0.15, -0.1) is 0 Å². The van der Waals surface area contributed by atoms with Crippen molar-refractivity contribution >= 4 is 35.3 Å². The van der Waals surface area contributed by atoms with Gasteiger partial charge in [0.25, 0.3) is 17.5 Å². The lowest BCUT2D eigenvalue weighted by atomic mass is 10.0. The van der Waals surface area contributed by atoms with Crippen LogP contribution in [0.25, 0.3) is 11.3 Å². The minimum atomic E-state index is -0.814. The summed E-state index contributed by atoms with van der Waals surface area (Å²) in [7, 11) is 0. The molecule has 0 aliphatic rings. The maximum absolute atomic E-state index is 12.7. The first-order chi connectivity index (χ1) is 16.7. The van der Waals surface area contributed by atoms with Gasteiger partial charge in [0.1, 0.15) is 17.6 Å². The van der Waals surface area contributed by atoms with Gasteiger partial charge in [0.05, 0.1) is 21.7 Å². The number of nitrogens with zero attached hydrogens (tertiary/aromatic N) is 2. The Morgan fingerprint density at radius 2 is 1.91 bits per heavy atom. The summed E-state index contributed by atoms with van der Waals surface area (Å²) in [6.45, 7) is 5.64. The highest BCUT2D eigenvalue weighted by Gasteiger charge is 2.23. The lowest BCUT2D eigenvalue weighted by Crippen LogP contribution is -2.46. The molecule has 35 heavy (non-hydrogen) atoms. The third-order valence-electron chi connectivity index (χ3n) is 5.13. The van der Waals surface area contributed by atoms with E-state index in [0.29, 0.717) is 34.1 Å². The zero-order valence-corrected chi connectivity index (χ0v) is 20.2. The molecule has 1 heterocycles. The predicted molar refractivity (Wildman–Crippen MR) is 133 cm³/mol. The number of nitro groups is 1. The first-order valence-corrected chi connectivity index (χ1v) is 11.3. The van der Waals surface area contributed by atoms with E-state index in [0.717, 1.165) is 0 Å². The van der Waals surface area contributed by atoms with Gasteiger partial charge in [-0.2, -0.15) is 5.10 Å². The molecule has 3 aromatic rings. The molecule has 2 amide bonds. The summed E-state index contributed by atoms with van der Waals surface area (Å²) in [6, 6.07) is 13.7. The predicted octanol–water partition coefficient (Wildman–Crippen LogP) is 5.11. The number of carbonyl (C=O) groups is 2. The van der Waals surface area contributed by atoms with Crippen molar-refractivity contribution in [1.29, 1.82) is 0 Å². The molecule has 2 N–H and O–H groups in total. The van der Waals surface area contributed by atoms with Crippen molar-refractivity contribution in [3.63, 3.8) is 0 Å². The SMILES string of the molecule is Cc1cc([N+](=O)[O-])ccc1-c1ccc(/C=N\NC(=O)[C@@H](CC(C)C)NC(=O)c2ccccc2Cl)o1. The van der Waals surface area contributed by atoms with Crippen molar-refractivity contribution in [2.75, 3.05) is 0 Å². The van der Waals surface area contributed by atoms with Crippen LogP contribution >= 0.6 is 11.6 Å². The van der Waals surface area contributed by atoms with Crippen LogP contribution < -0.4 is 10.7 Å². The van der Waals surface area contributed by atoms with Crippen molar-refractivity contribution < 1.29 is 18.9 Å². The summed E-state index contributed by atoms with van der Waals surface area (Å²) >= 11 is 6.09. The summed E-state index contributed by atoms with van der Waals surface area (Å²) in [5.74, 6) is 0.0927. The summed E-state index contributed by atoms with van der Waals surface area (Å²) in [4.78, 5) is 35.8. The van der Waals surface area contributed by atoms with Crippen LogP contribution in [0, 0.1) is 23.0 Å². The lowest BCUT2D eigenvalue weighted by molar-refractivity contribution is -0.384. The Morgan fingerprint density at radius 1 is 1.17 bits per heavy atom. The van der Waals surface area contributed by atoms with Gasteiger partial charge in [0.2, 0.25) is 0 Å². The molecule has 0 bridgehead atoms. The number of hydrazone groups is 1. The van der Waals surface area contributed by atoms with Crippen LogP contribution in [-0.4, -0.2) is 29.0 Å². The van der Waals surface area contributed by atoms with E-state index in [1.54, 1.807) is 49.4 Å². The molecule has 0 unspecified atom stereocenters. The number of furan rings is 1. The molecule has 182 valence electrons. The van der Waals surface area contributed by atoms with E-state index in [4.69, 9.17) is 16.0 Å². The highest BCUT2D eigenvalue weighted by atomic mass is 35.5. The average molecular weight is 497 g/mol. The summed E-state index contributed by atoms with van der Waals surface area (Å²) in [6.07, 6.45) is 1.74. The van der Waals surface area contributed by atoms with Gasteiger partial charge in [0.15, 0.2) is 0 Å². The van der Waals surface area contributed by atoms with Gasteiger partial charge in [-0.05, 0) is 55.2 Å². The fraction of sp³-hybridized carbons (Fsp3) is 0.240. The minimum Gasteiger partial charge on any atom is -0.455 e. The highest BCUT2D eigenvalue weighted by Crippen LogP contribution is 2.28. The van der Waals surface area contributed by atoms with Crippen molar-refractivity contribution in [1.82, 2.24) is 10.7 Å². The number of hydrogen-bond acceptors (Lipinski definition) is 6. The second-order valence-electron chi connectivity index (χ2n) is 8.33. The molecule has 0 aliphatic heterocycles. The fourth-order valence-corrected chi connectivity index (χ4v) is 3.65. The highest BCUT2D eigenvalue weighted by molar-refractivity contribution is 6.33. The molecule has 2 aromatic carbocycles. The number of benzene rings is 2. The van der Waals surface area contributed by atoms with Crippen LogP contribution in [-0.2, 0) is 4.79 Å². The normalized spacial score (nSPS) is 12.0. The number of aryl methyl sites for hydroxylation is 1. The lowest BCUT2D eigenvalue weighted by Gasteiger charge is -2.19. The summed E-state index contributed by atoms with van der Waals surface area (Å²) < 4.78 is 5.74. The number of nitro benzene ring substituents is 1. The topological polar surface area (TPSA) is 127 Å². The Balaban J connectivity index is 1.67. The van der Waals surface area contributed by atoms with Gasteiger partial charge < -0.3 is 9.73 Å². The minimum absolute atomic E-state index is 0.000108. The first-order valence-electron chi connectivity index (χ1n) is 10.9. The Hall–Kier alpha value is -3.98. The van der Waals surface area contributed by atoms with Crippen LogP contribution in [0.15, 0.2) is 64.1 Å². The third-order valence-corrected chi connectivity index (χ3v) is 5.46. The molecule has 0 aliphatic carbocycles. The molecular weight excluding hydrogens is 472 g/mol. The maximum Gasteiger partial charge on any atom is 0.269 e. The molecule has 3 rings (SSSR count). The van der Waals surface area contributed by atoms with Gasteiger partial charge in [0, 0.05) is 17.7 Å². The zero-order valence-electron chi connectivity index (χ0n) is 19.4. The number of non-ortho nitro benzene ring substituents is 1. The molecule has 10 heteroatoms. The molecule has 0 saturated carbocycles. The molecular formula is C25H25ClN4O5. The Kier molecular flexibility index (Phi) is 8.38. The number of nitrogens with one attached hydrogen (secondary N) is 2. The van der Waals surface area contributed by atoms with E-state index in [9.17, 15) is 19.7 Å². The van der Waals surface area contributed by atoms with Crippen LogP contribution in [0.4, 0.5) is 5.69 Å². The molecule has 9 nitrogen and oxygen atoms in total. The Bertz CT molecular complexity index is 1270. The smallest absolute Gasteiger partial charge is 0.269 e. The van der Waals surface area contributed by atoms with Gasteiger partial charge in [-0.1, -0.05) is 37.6 Å². The largest absolute Gasteiger partial charge is 0.455 e. The van der Waals surface area contributed by atoms with Crippen molar-refractivity contribution in [2.24, 2.45) is 11.0 Å². The average Bonchev–Trinajstić information content (AvgIpc) is 3.26. The third kappa shape index (κ3) is 6.77. The van der Waals surface area contributed by atoms with E-state index >= 15 is 0 Å². The van der Waals surface area contributed by atoms with E-state index in [1.807, 2.05) is 13.8 Å². The number of amides is 2. The van der Waals surface area contributed by atoms with E-state index in [2.05, 4.69) is 15.8 Å². The van der Waals surface area contributed by atoms with E-state index in [-0.39, 0.29) is 17.2 Å². The monoisotopic (exact) mass is 496 g/mol. The molecule has 1 aromatic heterocycles. The molecule has 0 saturated heterocycles. The summed E-state index contributed by atoms with van der Waals surface area (Å²) in [5.41, 5.74) is 4.12. The van der Waals surface area contributed by atoms with E-state index < -0.39 is 22.8 Å². The van der Waals surface area contributed by atoms with Crippen LogP contribution in [0.5, 0.6) is 0 Å².